The minimum Gasteiger partial charge on any atom is -0.481 e. The topological polar surface area (TPSA) is 50.2 Å². The lowest BCUT2D eigenvalue weighted by molar-refractivity contribution is -0.148. The van der Waals surface area contributed by atoms with Gasteiger partial charge in [0, 0.05) is 12.4 Å². The predicted molar refractivity (Wildman–Crippen MR) is 54.0 cm³/mol. The summed E-state index contributed by atoms with van der Waals surface area (Å²) in [5.74, 6) is -0.739. The number of pyridine rings is 1. The molecule has 1 N–H and O–H groups in total. The first-order chi connectivity index (χ1) is 6.58. The monoisotopic (exact) mass is 193 g/mol. The first-order valence-electron chi connectivity index (χ1n) is 4.71. The molecule has 14 heavy (non-hydrogen) atoms. The van der Waals surface area contributed by atoms with Gasteiger partial charge in [-0.05, 0) is 37.5 Å². The van der Waals surface area contributed by atoms with E-state index in [4.69, 9.17) is 5.11 Å². The van der Waals surface area contributed by atoms with E-state index in [1.807, 2.05) is 19.1 Å². The van der Waals surface area contributed by atoms with Crippen LogP contribution >= 0.6 is 0 Å². The van der Waals surface area contributed by atoms with E-state index in [2.05, 4.69) is 4.98 Å². The molecule has 0 aliphatic carbocycles. The normalized spacial score (nSPS) is 14.7. The van der Waals surface area contributed by atoms with Crippen LogP contribution in [0, 0.1) is 5.41 Å². The van der Waals surface area contributed by atoms with E-state index in [-0.39, 0.29) is 0 Å². The summed E-state index contributed by atoms with van der Waals surface area (Å²) in [5, 5.41) is 9.08. The zero-order valence-corrected chi connectivity index (χ0v) is 8.53. The Bertz CT molecular complexity index is 310. The Kier molecular flexibility index (Phi) is 3.23. The van der Waals surface area contributed by atoms with Gasteiger partial charge in [0.15, 0.2) is 0 Å². The van der Waals surface area contributed by atoms with E-state index in [0.717, 1.165) is 5.56 Å². The Morgan fingerprint density at radius 3 is 2.50 bits per heavy atom. The number of hydrogen-bond acceptors (Lipinski definition) is 2. The highest BCUT2D eigenvalue weighted by atomic mass is 16.4. The van der Waals surface area contributed by atoms with Crippen molar-refractivity contribution in [1.29, 1.82) is 0 Å². The molecule has 0 aliphatic heterocycles. The Morgan fingerprint density at radius 1 is 1.50 bits per heavy atom. The molecule has 1 unspecified atom stereocenters. The number of carboxylic acid groups (broad SMARTS) is 1. The molecule has 0 radical (unpaired) electrons. The fourth-order valence-corrected chi connectivity index (χ4v) is 1.30. The molecule has 0 saturated carbocycles. The number of rotatable bonds is 4. The lowest BCUT2D eigenvalue weighted by atomic mass is 9.81. The van der Waals surface area contributed by atoms with E-state index in [0.29, 0.717) is 12.8 Å². The summed E-state index contributed by atoms with van der Waals surface area (Å²) < 4.78 is 0. The van der Waals surface area contributed by atoms with Crippen LogP contribution in [0.1, 0.15) is 25.8 Å². The minimum atomic E-state index is -0.739. The molecule has 1 aromatic rings. The van der Waals surface area contributed by atoms with E-state index >= 15 is 0 Å². The molecule has 0 aromatic carbocycles. The molecule has 0 amide bonds. The Labute approximate surface area is 83.8 Å². The maximum Gasteiger partial charge on any atom is 0.309 e. The quantitative estimate of drug-likeness (QED) is 0.796. The highest BCUT2D eigenvalue weighted by Crippen LogP contribution is 2.26. The lowest BCUT2D eigenvalue weighted by Crippen LogP contribution is -2.29. The van der Waals surface area contributed by atoms with E-state index in [9.17, 15) is 4.79 Å². The molecule has 0 bridgehead atoms. The third kappa shape index (κ3) is 2.31. The average molecular weight is 193 g/mol. The van der Waals surface area contributed by atoms with E-state index < -0.39 is 11.4 Å². The molecule has 1 aromatic heterocycles. The van der Waals surface area contributed by atoms with E-state index in [1.165, 1.54) is 0 Å². The molecular formula is C11H15NO2. The maximum absolute atomic E-state index is 11.0. The van der Waals surface area contributed by atoms with Crippen LogP contribution in [0.25, 0.3) is 0 Å². The van der Waals surface area contributed by atoms with Crippen molar-refractivity contribution >= 4 is 5.97 Å². The van der Waals surface area contributed by atoms with Crippen molar-refractivity contribution in [3.05, 3.63) is 30.1 Å². The van der Waals surface area contributed by atoms with Gasteiger partial charge in [-0.25, -0.2) is 0 Å². The van der Waals surface area contributed by atoms with Gasteiger partial charge in [0.1, 0.15) is 0 Å². The van der Waals surface area contributed by atoms with Crippen molar-refractivity contribution in [3.63, 3.8) is 0 Å². The van der Waals surface area contributed by atoms with Crippen LogP contribution in [-0.4, -0.2) is 16.1 Å². The largest absolute Gasteiger partial charge is 0.481 e. The van der Waals surface area contributed by atoms with Gasteiger partial charge in [-0.3, -0.25) is 9.78 Å². The summed E-state index contributed by atoms with van der Waals surface area (Å²) in [4.78, 5) is 14.9. The summed E-state index contributed by atoms with van der Waals surface area (Å²) >= 11 is 0. The van der Waals surface area contributed by atoms with Crippen LogP contribution < -0.4 is 0 Å². The second kappa shape index (κ2) is 4.22. The Hall–Kier alpha value is -1.38. The highest BCUT2D eigenvalue weighted by Gasteiger charge is 2.30. The SMILES string of the molecule is CCC(C)(Cc1ccncc1)C(=O)O. The number of aliphatic carboxylic acids is 1. The molecule has 3 nitrogen and oxygen atoms in total. The van der Waals surface area contributed by atoms with Crippen LogP contribution in [-0.2, 0) is 11.2 Å². The molecule has 1 rings (SSSR count). The van der Waals surface area contributed by atoms with Crippen LogP contribution in [0.4, 0.5) is 0 Å². The number of hydrogen-bond donors (Lipinski definition) is 1. The van der Waals surface area contributed by atoms with Crippen molar-refractivity contribution in [1.82, 2.24) is 4.98 Å². The number of carbonyl (C=O) groups is 1. The smallest absolute Gasteiger partial charge is 0.309 e. The molecule has 0 fully saturated rings. The molecule has 1 atom stereocenters. The lowest BCUT2D eigenvalue weighted by Gasteiger charge is -2.22. The van der Waals surface area contributed by atoms with E-state index in [1.54, 1.807) is 19.3 Å². The van der Waals surface area contributed by atoms with Crippen molar-refractivity contribution in [3.8, 4) is 0 Å². The average Bonchev–Trinajstić information content (AvgIpc) is 2.19. The Morgan fingerprint density at radius 2 is 2.07 bits per heavy atom. The first kappa shape index (κ1) is 10.7. The molecule has 0 saturated heterocycles. The standard InChI is InChI=1S/C11H15NO2/c1-3-11(2,10(13)14)8-9-4-6-12-7-5-9/h4-7H,3,8H2,1-2H3,(H,13,14). The van der Waals surface area contributed by atoms with Crippen molar-refractivity contribution in [2.45, 2.75) is 26.7 Å². The fraction of sp³-hybridized carbons (Fsp3) is 0.455. The van der Waals surface area contributed by atoms with Crippen LogP contribution in [0.2, 0.25) is 0 Å². The zero-order chi connectivity index (χ0) is 10.6. The van der Waals surface area contributed by atoms with Gasteiger partial charge in [0.25, 0.3) is 0 Å². The number of nitrogens with zero attached hydrogens (tertiary/aromatic N) is 1. The van der Waals surface area contributed by atoms with Crippen molar-refractivity contribution < 1.29 is 9.90 Å². The summed E-state index contributed by atoms with van der Waals surface area (Å²) in [6.07, 6.45) is 4.56. The summed E-state index contributed by atoms with van der Waals surface area (Å²) in [6.45, 7) is 3.67. The van der Waals surface area contributed by atoms with Gasteiger partial charge in [-0.15, -0.1) is 0 Å². The van der Waals surface area contributed by atoms with Gasteiger partial charge < -0.3 is 5.11 Å². The third-order valence-corrected chi connectivity index (χ3v) is 2.64. The second-order valence-corrected chi connectivity index (χ2v) is 3.75. The molecule has 0 spiro atoms. The Balaban J connectivity index is 2.81. The number of carboxylic acids is 1. The van der Waals surface area contributed by atoms with Gasteiger partial charge in [-0.1, -0.05) is 6.92 Å². The summed E-state index contributed by atoms with van der Waals surface area (Å²) in [6, 6.07) is 3.72. The first-order valence-corrected chi connectivity index (χ1v) is 4.71. The van der Waals surface area contributed by atoms with Gasteiger partial charge >= 0.3 is 5.97 Å². The molecule has 1 heterocycles. The second-order valence-electron chi connectivity index (χ2n) is 3.75. The number of aromatic nitrogens is 1. The van der Waals surface area contributed by atoms with Crippen LogP contribution in [0.3, 0.4) is 0 Å². The van der Waals surface area contributed by atoms with Crippen molar-refractivity contribution in [2.75, 3.05) is 0 Å². The van der Waals surface area contributed by atoms with Gasteiger partial charge in [0.2, 0.25) is 0 Å². The minimum absolute atomic E-state index is 0.557. The molecule has 0 aliphatic rings. The molecule has 3 heteroatoms. The predicted octanol–water partition coefficient (Wildman–Crippen LogP) is 2.12. The van der Waals surface area contributed by atoms with Crippen LogP contribution in [0.15, 0.2) is 24.5 Å². The highest BCUT2D eigenvalue weighted by molar-refractivity contribution is 5.74. The summed E-state index contributed by atoms with van der Waals surface area (Å²) in [7, 11) is 0. The molecular weight excluding hydrogens is 178 g/mol. The van der Waals surface area contributed by atoms with Crippen molar-refractivity contribution in [2.24, 2.45) is 5.41 Å². The summed E-state index contributed by atoms with van der Waals surface area (Å²) in [5.41, 5.74) is 0.355. The van der Waals surface area contributed by atoms with Crippen LogP contribution in [0.5, 0.6) is 0 Å². The maximum atomic E-state index is 11.0. The third-order valence-electron chi connectivity index (χ3n) is 2.64. The van der Waals surface area contributed by atoms with Gasteiger partial charge in [0.05, 0.1) is 5.41 Å². The van der Waals surface area contributed by atoms with Gasteiger partial charge in [-0.2, -0.15) is 0 Å². The molecule has 76 valence electrons. The zero-order valence-electron chi connectivity index (χ0n) is 8.53. The fourth-order valence-electron chi connectivity index (χ4n) is 1.30.